The van der Waals surface area contributed by atoms with E-state index in [0.29, 0.717) is 22.3 Å². The number of aromatic nitrogens is 2. The van der Waals surface area contributed by atoms with Crippen molar-refractivity contribution >= 4 is 16.8 Å². The van der Waals surface area contributed by atoms with Crippen LogP contribution in [0.1, 0.15) is 10.4 Å². The summed E-state index contributed by atoms with van der Waals surface area (Å²) in [6, 6.07) is 1.74. The lowest BCUT2D eigenvalue weighted by Crippen LogP contribution is -2.03. The summed E-state index contributed by atoms with van der Waals surface area (Å²) in [6.45, 7) is 0. The van der Waals surface area contributed by atoms with Gasteiger partial charge in [-0.05, 0) is 6.07 Å². The predicted molar refractivity (Wildman–Crippen MR) is 69.8 cm³/mol. The van der Waals surface area contributed by atoms with Crippen LogP contribution in [-0.2, 0) is 0 Å². The molecule has 0 aliphatic carbocycles. The maximum atomic E-state index is 12.1. The van der Waals surface area contributed by atoms with Crippen LogP contribution in [0.4, 0.5) is 0 Å². The van der Waals surface area contributed by atoms with Crippen LogP contribution in [0.2, 0.25) is 0 Å². The summed E-state index contributed by atoms with van der Waals surface area (Å²) in [5.74, 6) is 0.559. The van der Waals surface area contributed by atoms with Crippen LogP contribution in [0, 0.1) is 0 Å². The molecule has 2 rings (SSSR count). The Kier molecular flexibility index (Phi) is 3.32. The van der Waals surface area contributed by atoms with Gasteiger partial charge in [0, 0.05) is 38.8 Å². The molecule has 2 aromatic rings. The third-order valence-corrected chi connectivity index (χ3v) is 2.54. The van der Waals surface area contributed by atoms with Crippen molar-refractivity contribution in [3.05, 3.63) is 36.3 Å². The molecule has 5 heteroatoms. The van der Waals surface area contributed by atoms with Gasteiger partial charge in [-0.1, -0.05) is 0 Å². The van der Waals surface area contributed by atoms with E-state index in [1.807, 2.05) is 19.0 Å². The van der Waals surface area contributed by atoms with E-state index in [9.17, 15) is 4.79 Å². The van der Waals surface area contributed by atoms with Crippen LogP contribution < -0.4 is 4.74 Å². The van der Waals surface area contributed by atoms with Gasteiger partial charge in [0.05, 0.1) is 18.1 Å². The number of ether oxygens (including phenoxy) is 1. The fourth-order valence-electron chi connectivity index (χ4n) is 1.70. The molecule has 0 aromatic carbocycles. The largest absolute Gasteiger partial charge is 0.496 e. The molecule has 2 aromatic heterocycles. The Morgan fingerprint density at radius 1 is 1.50 bits per heavy atom. The molecular formula is C13H15N3O2. The summed E-state index contributed by atoms with van der Waals surface area (Å²) < 4.78 is 5.26. The molecule has 0 fully saturated rings. The molecule has 0 amide bonds. The zero-order valence-electron chi connectivity index (χ0n) is 10.6. The van der Waals surface area contributed by atoms with Crippen molar-refractivity contribution in [2.24, 2.45) is 0 Å². The lowest BCUT2D eigenvalue weighted by atomic mass is 10.1. The van der Waals surface area contributed by atoms with Crippen molar-refractivity contribution in [3.8, 4) is 5.75 Å². The molecule has 2 heterocycles. The second-order valence-corrected chi connectivity index (χ2v) is 4.08. The van der Waals surface area contributed by atoms with Gasteiger partial charge in [0.25, 0.3) is 0 Å². The predicted octanol–water partition coefficient (Wildman–Crippen LogP) is 1.83. The minimum Gasteiger partial charge on any atom is -0.496 e. The van der Waals surface area contributed by atoms with E-state index in [4.69, 9.17) is 4.74 Å². The minimum atomic E-state index is -0.0822. The molecule has 0 aliphatic heterocycles. The first-order chi connectivity index (χ1) is 8.63. The number of hydrogen-bond donors (Lipinski definition) is 1. The van der Waals surface area contributed by atoms with Gasteiger partial charge in [0.1, 0.15) is 11.4 Å². The minimum absolute atomic E-state index is 0.0822. The van der Waals surface area contributed by atoms with Crippen LogP contribution in [0.3, 0.4) is 0 Å². The van der Waals surface area contributed by atoms with E-state index in [0.717, 1.165) is 0 Å². The van der Waals surface area contributed by atoms with Gasteiger partial charge in [0.15, 0.2) is 5.78 Å². The van der Waals surface area contributed by atoms with E-state index >= 15 is 0 Å². The first-order valence-corrected chi connectivity index (χ1v) is 5.52. The number of allylic oxidation sites excluding steroid dienone is 1. The Morgan fingerprint density at radius 2 is 2.28 bits per heavy atom. The molecule has 0 bridgehead atoms. The van der Waals surface area contributed by atoms with E-state index in [2.05, 4.69) is 9.97 Å². The Labute approximate surface area is 105 Å². The van der Waals surface area contributed by atoms with Gasteiger partial charge in [-0.3, -0.25) is 4.79 Å². The zero-order chi connectivity index (χ0) is 13.1. The quantitative estimate of drug-likeness (QED) is 0.659. The third kappa shape index (κ3) is 2.20. The number of hydrogen-bond acceptors (Lipinski definition) is 4. The van der Waals surface area contributed by atoms with Crippen LogP contribution >= 0.6 is 0 Å². The van der Waals surface area contributed by atoms with Crippen molar-refractivity contribution in [1.82, 2.24) is 14.9 Å². The highest BCUT2D eigenvalue weighted by Gasteiger charge is 2.14. The number of H-pyrrole nitrogens is 1. The Balaban J connectivity index is 2.48. The third-order valence-electron chi connectivity index (χ3n) is 2.54. The molecule has 0 saturated heterocycles. The second kappa shape index (κ2) is 4.91. The van der Waals surface area contributed by atoms with Crippen LogP contribution in [0.5, 0.6) is 5.75 Å². The highest BCUT2D eigenvalue weighted by atomic mass is 16.5. The fraction of sp³-hybridized carbons (Fsp3) is 0.231. The maximum Gasteiger partial charge on any atom is 0.189 e. The molecule has 5 nitrogen and oxygen atoms in total. The second-order valence-electron chi connectivity index (χ2n) is 4.08. The van der Waals surface area contributed by atoms with Crippen LogP contribution in [0.25, 0.3) is 11.0 Å². The molecule has 18 heavy (non-hydrogen) atoms. The Bertz CT molecular complexity index is 599. The van der Waals surface area contributed by atoms with Gasteiger partial charge in [-0.15, -0.1) is 0 Å². The number of carbonyl (C=O) groups is 1. The molecule has 0 atom stereocenters. The first kappa shape index (κ1) is 12.2. The molecule has 0 saturated carbocycles. The molecule has 0 unspecified atom stereocenters. The number of rotatable bonds is 4. The van der Waals surface area contributed by atoms with E-state index < -0.39 is 0 Å². The molecule has 0 radical (unpaired) electrons. The average molecular weight is 245 g/mol. The van der Waals surface area contributed by atoms with Crippen LogP contribution in [-0.4, -0.2) is 41.9 Å². The number of nitrogens with one attached hydrogen (secondary N) is 1. The molecule has 94 valence electrons. The standard InChI is InChI=1S/C13H15N3O2/c1-16(2)7-5-10(17)9-8-15-13-12(9)11(18-3)4-6-14-13/h4-8H,1-3H3,(H,14,15)/b7-5+. The van der Waals surface area contributed by atoms with E-state index in [1.54, 1.807) is 31.8 Å². The Morgan fingerprint density at radius 3 is 2.94 bits per heavy atom. The summed E-state index contributed by atoms with van der Waals surface area (Å²) in [6.07, 6.45) is 6.53. The highest BCUT2D eigenvalue weighted by Crippen LogP contribution is 2.27. The summed E-state index contributed by atoms with van der Waals surface area (Å²) in [7, 11) is 5.30. The SMILES string of the molecule is COc1ccnc2[nH]cc(C(=O)/C=C/N(C)C)c12. The zero-order valence-corrected chi connectivity index (χ0v) is 10.6. The van der Waals surface area contributed by atoms with E-state index in [1.165, 1.54) is 6.08 Å². The van der Waals surface area contributed by atoms with Gasteiger partial charge >= 0.3 is 0 Å². The normalized spacial score (nSPS) is 11.1. The Hall–Kier alpha value is -2.30. The number of pyridine rings is 1. The van der Waals surface area contributed by atoms with E-state index in [-0.39, 0.29) is 5.78 Å². The first-order valence-electron chi connectivity index (χ1n) is 5.52. The maximum absolute atomic E-state index is 12.1. The van der Waals surface area contributed by atoms with Crippen molar-refractivity contribution in [2.45, 2.75) is 0 Å². The van der Waals surface area contributed by atoms with Crippen molar-refractivity contribution in [1.29, 1.82) is 0 Å². The van der Waals surface area contributed by atoms with Crippen molar-refractivity contribution in [3.63, 3.8) is 0 Å². The topological polar surface area (TPSA) is 58.2 Å². The smallest absolute Gasteiger partial charge is 0.189 e. The lowest BCUT2D eigenvalue weighted by molar-refractivity contribution is 0.104. The van der Waals surface area contributed by atoms with Gasteiger partial charge < -0.3 is 14.6 Å². The number of methoxy groups -OCH3 is 1. The fourth-order valence-corrected chi connectivity index (χ4v) is 1.70. The van der Waals surface area contributed by atoms with Gasteiger partial charge in [-0.25, -0.2) is 4.98 Å². The average Bonchev–Trinajstić information content (AvgIpc) is 2.79. The summed E-state index contributed by atoms with van der Waals surface area (Å²) in [4.78, 5) is 21.0. The summed E-state index contributed by atoms with van der Waals surface area (Å²) in [5.41, 5.74) is 1.21. The molecule has 0 spiro atoms. The molecule has 1 N–H and O–H groups in total. The molecular weight excluding hydrogens is 230 g/mol. The van der Waals surface area contributed by atoms with Crippen molar-refractivity contribution in [2.75, 3.05) is 21.2 Å². The molecule has 0 aliphatic rings. The number of fused-ring (bicyclic) bond motifs is 1. The van der Waals surface area contributed by atoms with Gasteiger partial charge in [-0.2, -0.15) is 0 Å². The number of nitrogens with zero attached hydrogens (tertiary/aromatic N) is 2. The monoisotopic (exact) mass is 245 g/mol. The summed E-state index contributed by atoms with van der Waals surface area (Å²) in [5, 5.41) is 0.716. The lowest BCUT2D eigenvalue weighted by Gasteiger charge is -2.04. The number of aromatic amines is 1. The van der Waals surface area contributed by atoms with Crippen LogP contribution in [0.15, 0.2) is 30.7 Å². The van der Waals surface area contributed by atoms with Crippen molar-refractivity contribution < 1.29 is 9.53 Å². The number of ketones is 1. The summed E-state index contributed by atoms with van der Waals surface area (Å²) >= 11 is 0. The van der Waals surface area contributed by atoms with Gasteiger partial charge in [0.2, 0.25) is 0 Å². The number of carbonyl (C=O) groups excluding carboxylic acids is 1. The highest BCUT2D eigenvalue weighted by molar-refractivity contribution is 6.14.